The number of nitrogens with one attached hydrogen (secondary N) is 1. The molecule has 0 amide bonds. The molecule has 1 N–H and O–H groups in total. The van der Waals surface area contributed by atoms with E-state index in [0.717, 1.165) is 16.7 Å². The first-order valence-corrected chi connectivity index (χ1v) is 7.93. The summed E-state index contributed by atoms with van der Waals surface area (Å²) in [7, 11) is 0. The Morgan fingerprint density at radius 2 is 2.32 bits per heavy atom. The van der Waals surface area contributed by atoms with Crippen LogP contribution >= 0.6 is 27.7 Å². The van der Waals surface area contributed by atoms with Gasteiger partial charge in [0, 0.05) is 22.0 Å². The predicted octanol–water partition coefficient (Wildman–Crippen LogP) is 4.15. The van der Waals surface area contributed by atoms with Gasteiger partial charge in [-0.1, -0.05) is 15.9 Å². The zero-order valence-corrected chi connectivity index (χ0v) is 13.1. The second-order valence-electron chi connectivity index (χ2n) is 4.76. The first kappa shape index (κ1) is 13.2. The molecule has 1 aliphatic rings. The number of aromatic nitrogens is 1. The summed E-state index contributed by atoms with van der Waals surface area (Å²) >= 11 is 5.11. The molecule has 5 heteroatoms. The van der Waals surface area contributed by atoms with Crippen LogP contribution in [0.1, 0.15) is 24.1 Å². The van der Waals surface area contributed by atoms with Crippen LogP contribution in [0.15, 0.2) is 43.5 Å². The summed E-state index contributed by atoms with van der Waals surface area (Å²) in [5.74, 6) is 0. The second kappa shape index (κ2) is 5.69. The molecule has 0 aliphatic heterocycles. The highest BCUT2D eigenvalue weighted by atomic mass is 79.9. The highest BCUT2D eigenvalue weighted by Crippen LogP contribution is 2.32. The lowest BCUT2D eigenvalue weighted by Gasteiger charge is -2.09. The highest BCUT2D eigenvalue weighted by Gasteiger charge is 2.20. The molecule has 0 unspecified atom stereocenters. The van der Waals surface area contributed by atoms with Gasteiger partial charge >= 0.3 is 0 Å². The number of benzene rings is 1. The molecule has 0 spiro atoms. The Balaban J connectivity index is 1.77. The van der Waals surface area contributed by atoms with Gasteiger partial charge in [-0.15, -0.1) is 0 Å². The summed E-state index contributed by atoms with van der Waals surface area (Å²) in [6.07, 6.45) is 4.29. The maximum atomic E-state index is 5.41. The topological polar surface area (TPSA) is 38.1 Å². The average molecular weight is 339 g/mol. The van der Waals surface area contributed by atoms with E-state index >= 15 is 0 Å². The molecule has 0 radical (unpaired) electrons. The quantitative estimate of drug-likeness (QED) is 0.888. The summed E-state index contributed by atoms with van der Waals surface area (Å²) < 4.78 is 6.52. The molecule has 0 atom stereocenters. The normalized spacial score (nSPS) is 14.8. The van der Waals surface area contributed by atoms with Crippen LogP contribution in [0, 0.1) is 6.92 Å². The largest absolute Gasteiger partial charge is 0.439 e. The van der Waals surface area contributed by atoms with E-state index in [2.05, 4.69) is 44.4 Å². The van der Waals surface area contributed by atoms with Crippen molar-refractivity contribution >= 4 is 27.7 Å². The molecule has 1 aromatic carbocycles. The van der Waals surface area contributed by atoms with Crippen molar-refractivity contribution in [1.82, 2.24) is 10.3 Å². The van der Waals surface area contributed by atoms with Crippen LogP contribution in [0.5, 0.6) is 0 Å². The number of hydrogen-bond acceptors (Lipinski definition) is 4. The summed E-state index contributed by atoms with van der Waals surface area (Å²) in [6, 6.07) is 7.03. The monoisotopic (exact) mass is 338 g/mol. The molecule has 100 valence electrons. The van der Waals surface area contributed by atoms with Crippen LogP contribution in [0.4, 0.5) is 0 Å². The van der Waals surface area contributed by atoms with Gasteiger partial charge < -0.3 is 9.73 Å². The van der Waals surface area contributed by atoms with Crippen molar-refractivity contribution in [3.05, 3.63) is 40.2 Å². The molecule has 0 bridgehead atoms. The molecule has 2 aromatic rings. The third-order valence-corrected chi connectivity index (χ3v) is 4.45. The van der Waals surface area contributed by atoms with Crippen LogP contribution in [-0.4, -0.2) is 11.0 Å². The predicted molar refractivity (Wildman–Crippen MR) is 79.4 cm³/mol. The minimum atomic E-state index is 0.701. The number of halogens is 1. The molecule has 19 heavy (non-hydrogen) atoms. The maximum absolute atomic E-state index is 5.41. The molecule has 3 nitrogen and oxygen atoms in total. The molecule has 1 aliphatic carbocycles. The van der Waals surface area contributed by atoms with Crippen molar-refractivity contribution in [1.29, 1.82) is 0 Å². The van der Waals surface area contributed by atoms with Gasteiger partial charge in [-0.3, -0.25) is 0 Å². The smallest absolute Gasteiger partial charge is 0.260 e. The molecular formula is C14H15BrN2OS. The zero-order chi connectivity index (χ0) is 13.2. The lowest BCUT2D eigenvalue weighted by atomic mass is 10.2. The van der Waals surface area contributed by atoms with E-state index in [4.69, 9.17) is 4.42 Å². The van der Waals surface area contributed by atoms with Crippen molar-refractivity contribution in [2.75, 3.05) is 0 Å². The second-order valence-corrected chi connectivity index (χ2v) is 6.67. The van der Waals surface area contributed by atoms with Crippen LogP contribution in [0.3, 0.4) is 0 Å². The highest BCUT2D eigenvalue weighted by molar-refractivity contribution is 9.10. The summed E-state index contributed by atoms with van der Waals surface area (Å²) in [5, 5.41) is 4.25. The molecular weight excluding hydrogens is 324 g/mol. The Kier molecular flexibility index (Phi) is 3.96. The van der Waals surface area contributed by atoms with Crippen LogP contribution < -0.4 is 5.32 Å². The van der Waals surface area contributed by atoms with E-state index < -0.39 is 0 Å². The van der Waals surface area contributed by atoms with Gasteiger partial charge in [-0.05, 0) is 55.3 Å². The Morgan fingerprint density at radius 3 is 3.00 bits per heavy atom. The molecule has 1 fully saturated rings. The van der Waals surface area contributed by atoms with Crippen LogP contribution in [-0.2, 0) is 6.54 Å². The fraction of sp³-hybridized carbons (Fsp3) is 0.357. The van der Waals surface area contributed by atoms with Crippen molar-refractivity contribution in [3.63, 3.8) is 0 Å². The fourth-order valence-electron chi connectivity index (χ4n) is 1.80. The number of rotatable bonds is 5. The molecule has 1 aromatic heterocycles. The van der Waals surface area contributed by atoms with Gasteiger partial charge in [0.25, 0.3) is 5.22 Å². The summed E-state index contributed by atoms with van der Waals surface area (Å²) in [5.41, 5.74) is 2.19. The standard InChI is InChI=1S/C14H15BrN2OS/c1-9-8-18-14(17-9)19-13-5-2-11(15)6-10(13)7-16-12-3-4-12/h2,5-6,8,12,16H,3-4,7H2,1H3. The number of hydrogen-bond donors (Lipinski definition) is 1. The Labute approximate surface area is 125 Å². The van der Waals surface area contributed by atoms with Gasteiger partial charge in [0.05, 0.1) is 5.69 Å². The molecule has 1 saturated carbocycles. The maximum Gasteiger partial charge on any atom is 0.260 e. The lowest BCUT2D eigenvalue weighted by Crippen LogP contribution is -2.15. The van der Waals surface area contributed by atoms with Crippen molar-refractivity contribution in [2.45, 2.75) is 42.5 Å². The summed E-state index contributed by atoms with van der Waals surface area (Å²) in [6.45, 7) is 2.83. The van der Waals surface area contributed by atoms with E-state index in [1.165, 1.54) is 23.3 Å². The first-order valence-electron chi connectivity index (χ1n) is 6.32. The first-order chi connectivity index (χ1) is 9.20. The van der Waals surface area contributed by atoms with Crippen molar-refractivity contribution in [2.24, 2.45) is 0 Å². The van der Waals surface area contributed by atoms with E-state index in [1.807, 2.05) is 6.92 Å². The SMILES string of the molecule is Cc1coc(Sc2ccc(Br)cc2CNC2CC2)n1. The van der Waals surface area contributed by atoms with E-state index in [0.29, 0.717) is 11.3 Å². The zero-order valence-electron chi connectivity index (χ0n) is 10.6. The molecule has 0 saturated heterocycles. The van der Waals surface area contributed by atoms with E-state index in [1.54, 1.807) is 18.0 Å². The van der Waals surface area contributed by atoms with E-state index in [9.17, 15) is 0 Å². The Bertz CT molecular complexity index is 581. The van der Waals surface area contributed by atoms with Gasteiger partial charge in [0.1, 0.15) is 6.26 Å². The third kappa shape index (κ3) is 3.61. The number of oxazole rings is 1. The molecule has 3 rings (SSSR count). The minimum absolute atomic E-state index is 0.701. The Morgan fingerprint density at radius 1 is 1.47 bits per heavy atom. The van der Waals surface area contributed by atoms with E-state index in [-0.39, 0.29) is 0 Å². The fourth-order valence-corrected chi connectivity index (χ4v) is 3.08. The molecule has 1 heterocycles. The lowest BCUT2D eigenvalue weighted by molar-refractivity contribution is 0.454. The van der Waals surface area contributed by atoms with Crippen LogP contribution in [0.25, 0.3) is 0 Å². The number of aryl methyl sites for hydroxylation is 1. The Hall–Kier alpha value is -0.780. The average Bonchev–Trinajstić information content (AvgIpc) is 3.13. The third-order valence-electron chi connectivity index (χ3n) is 2.98. The van der Waals surface area contributed by atoms with Crippen LogP contribution in [0.2, 0.25) is 0 Å². The summed E-state index contributed by atoms with van der Waals surface area (Å²) in [4.78, 5) is 5.53. The van der Waals surface area contributed by atoms with Gasteiger partial charge in [-0.25, -0.2) is 4.98 Å². The van der Waals surface area contributed by atoms with Crippen molar-refractivity contribution in [3.8, 4) is 0 Å². The van der Waals surface area contributed by atoms with Crippen molar-refractivity contribution < 1.29 is 4.42 Å². The van der Waals surface area contributed by atoms with Gasteiger partial charge in [0.2, 0.25) is 0 Å². The van der Waals surface area contributed by atoms with Gasteiger partial charge in [-0.2, -0.15) is 0 Å². The van der Waals surface area contributed by atoms with Gasteiger partial charge in [0.15, 0.2) is 0 Å². The number of nitrogens with zero attached hydrogens (tertiary/aromatic N) is 1. The minimum Gasteiger partial charge on any atom is -0.439 e.